The summed E-state index contributed by atoms with van der Waals surface area (Å²) in [7, 11) is 2.20. The first kappa shape index (κ1) is 13.4. The molecule has 3 atom stereocenters. The lowest BCUT2D eigenvalue weighted by atomic mass is 10.1. The molecule has 1 aromatic rings. The van der Waals surface area contributed by atoms with Crippen molar-refractivity contribution >= 4 is 5.69 Å². The minimum Gasteiger partial charge on any atom is -0.389 e. The molecule has 1 aliphatic heterocycles. The Morgan fingerprint density at radius 2 is 1.61 bits per heavy atom. The maximum atomic E-state index is 9.52. The van der Waals surface area contributed by atoms with Crippen LogP contribution in [0.4, 0.5) is 5.69 Å². The molecule has 1 aromatic carbocycles. The Kier molecular flexibility index (Phi) is 3.93. The van der Waals surface area contributed by atoms with Gasteiger partial charge in [-0.1, -0.05) is 12.1 Å². The molecule has 0 saturated carbocycles. The number of hydrogen-bond acceptors (Lipinski definition) is 3. The third kappa shape index (κ3) is 2.68. The maximum Gasteiger partial charge on any atom is 0.0761 e. The highest BCUT2D eigenvalue weighted by atomic mass is 16.3. The first-order chi connectivity index (χ1) is 8.49. The van der Waals surface area contributed by atoms with Crippen LogP contribution in [0.15, 0.2) is 24.3 Å². The average Bonchev–Trinajstić information content (AvgIpc) is 2.35. The van der Waals surface area contributed by atoms with Gasteiger partial charge in [0.2, 0.25) is 0 Å². The van der Waals surface area contributed by atoms with Crippen molar-refractivity contribution in [2.75, 3.05) is 25.0 Å². The number of hydrogen-bond donors (Lipinski definition) is 1. The van der Waals surface area contributed by atoms with E-state index in [0.29, 0.717) is 12.1 Å². The Bertz CT molecular complexity index is 376. The Labute approximate surface area is 110 Å². The third-order valence-corrected chi connectivity index (χ3v) is 4.10. The van der Waals surface area contributed by atoms with Crippen LogP contribution >= 0.6 is 0 Å². The second kappa shape index (κ2) is 5.29. The molecule has 18 heavy (non-hydrogen) atoms. The lowest BCUT2D eigenvalue weighted by molar-refractivity contribution is 0.170. The maximum absolute atomic E-state index is 9.52. The smallest absolute Gasteiger partial charge is 0.0761 e. The number of benzene rings is 1. The van der Waals surface area contributed by atoms with Crippen LogP contribution in [0.1, 0.15) is 32.4 Å². The van der Waals surface area contributed by atoms with Crippen LogP contribution in [0.2, 0.25) is 0 Å². The van der Waals surface area contributed by atoms with E-state index in [-0.39, 0.29) is 6.10 Å². The Morgan fingerprint density at radius 3 is 2.06 bits per heavy atom. The normalized spacial score (nSPS) is 27.3. The molecule has 1 N–H and O–H groups in total. The highest BCUT2D eigenvalue weighted by Crippen LogP contribution is 2.23. The number of rotatable bonds is 2. The SMILES string of the molecule is CC1CN(c2ccc([C@H](C)O)cc2)CC(C)N1C. The van der Waals surface area contributed by atoms with Gasteiger partial charge in [0.1, 0.15) is 0 Å². The van der Waals surface area contributed by atoms with Crippen LogP contribution in [-0.4, -0.2) is 42.2 Å². The van der Waals surface area contributed by atoms with Gasteiger partial charge in [-0.3, -0.25) is 4.90 Å². The number of aliphatic hydroxyl groups excluding tert-OH is 1. The summed E-state index contributed by atoms with van der Waals surface area (Å²) >= 11 is 0. The van der Waals surface area contributed by atoms with Crippen LogP contribution in [0.3, 0.4) is 0 Å². The molecule has 0 aliphatic carbocycles. The third-order valence-electron chi connectivity index (χ3n) is 4.10. The number of likely N-dealkylation sites (N-methyl/N-ethyl adjacent to an activating group) is 1. The summed E-state index contributed by atoms with van der Waals surface area (Å²) in [6.45, 7) is 8.47. The molecule has 100 valence electrons. The van der Waals surface area contributed by atoms with Gasteiger partial charge in [-0.15, -0.1) is 0 Å². The van der Waals surface area contributed by atoms with E-state index in [1.807, 2.05) is 12.1 Å². The van der Waals surface area contributed by atoms with E-state index < -0.39 is 0 Å². The molecule has 0 amide bonds. The fourth-order valence-electron chi connectivity index (χ4n) is 2.58. The van der Waals surface area contributed by atoms with Gasteiger partial charge in [-0.05, 0) is 45.5 Å². The molecule has 1 aliphatic rings. The predicted octanol–water partition coefficient (Wildman–Crippen LogP) is 2.27. The second-order valence-corrected chi connectivity index (χ2v) is 5.54. The Hall–Kier alpha value is -1.06. The monoisotopic (exact) mass is 248 g/mol. The predicted molar refractivity (Wildman–Crippen MR) is 76.0 cm³/mol. The first-order valence-electron chi connectivity index (χ1n) is 6.74. The fraction of sp³-hybridized carbons (Fsp3) is 0.600. The fourth-order valence-corrected chi connectivity index (χ4v) is 2.58. The van der Waals surface area contributed by atoms with Gasteiger partial charge < -0.3 is 10.0 Å². The van der Waals surface area contributed by atoms with E-state index in [2.05, 4.69) is 42.8 Å². The average molecular weight is 248 g/mol. The van der Waals surface area contributed by atoms with Crippen molar-refractivity contribution in [3.63, 3.8) is 0 Å². The zero-order chi connectivity index (χ0) is 13.3. The molecule has 0 spiro atoms. The quantitative estimate of drug-likeness (QED) is 0.870. The van der Waals surface area contributed by atoms with Crippen LogP contribution in [0.5, 0.6) is 0 Å². The molecular weight excluding hydrogens is 224 g/mol. The molecule has 3 heteroatoms. The first-order valence-corrected chi connectivity index (χ1v) is 6.74. The van der Waals surface area contributed by atoms with Gasteiger partial charge in [-0.2, -0.15) is 0 Å². The van der Waals surface area contributed by atoms with Crippen LogP contribution in [0.25, 0.3) is 0 Å². The zero-order valence-corrected chi connectivity index (χ0v) is 11.8. The minimum absolute atomic E-state index is 0.385. The molecule has 3 nitrogen and oxygen atoms in total. The van der Waals surface area contributed by atoms with Crippen LogP contribution in [-0.2, 0) is 0 Å². The van der Waals surface area contributed by atoms with E-state index in [4.69, 9.17) is 0 Å². The Morgan fingerprint density at radius 1 is 1.11 bits per heavy atom. The van der Waals surface area contributed by atoms with Crippen molar-refractivity contribution in [1.29, 1.82) is 0 Å². The van der Waals surface area contributed by atoms with Gasteiger partial charge in [-0.25, -0.2) is 0 Å². The Balaban J connectivity index is 2.12. The highest BCUT2D eigenvalue weighted by Gasteiger charge is 2.26. The number of anilines is 1. The summed E-state index contributed by atoms with van der Waals surface area (Å²) < 4.78 is 0. The highest BCUT2D eigenvalue weighted by molar-refractivity contribution is 5.48. The zero-order valence-electron chi connectivity index (χ0n) is 11.8. The topological polar surface area (TPSA) is 26.7 Å². The van der Waals surface area contributed by atoms with Crippen molar-refractivity contribution < 1.29 is 5.11 Å². The van der Waals surface area contributed by atoms with Crippen LogP contribution < -0.4 is 4.90 Å². The molecule has 0 radical (unpaired) electrons. The molecule has 1 heterocycles. The molecule has 2 unspecified atom stereocenters. The van der Waals surface area contributed by atoms with E-state index in [1.165, 1.54) is 5.69 Å². The largest absolute Gasteiger partial charge is 0.389 e. The molecule has 2 rings (SSSR count). The number of aliphatic hydroxyl groups is 1. The lowest BCUT2D eigenvalue weighted by Gasteiger charge is -2.43. The molecule has 1 saturated heterocycles. The summed E-state index contributed by atoms with van der Waals surface area (Å²) in [6, 6.07) is 9.43. The standard InChI is InChI=1S/C15H24N2O/c1-11-9-17(10-12(2)16(11)4)15-7-5-14(6-8-15)13(3)18/h5-8,11-13,18H,9-10H2,1-4H3/t11?,12?,13-/m0/s1. The molecule has 1 fully saturated rings. The van der Waals surface area contributed by atoms with Crippen molar-refractivity contribution in [3.05, 3.63) is 29.8 Å². The van der Waals surface area contributed by atoms with Gasteiger partial charge >= 0.3 is 0 Å². The number of nitrogens with zero attached hydrogens (tertiary/aromatic N) is 2. The molecular formula is C15H24N2O. The minimum atomic E-state index is -0.385. The summed E-state index contributed by atoms with van der Waals surface area (Å²) in [5, 5.41) is 9.52. The summed E-state index contributed by atoms with van der Waals surface area (Å²) in [5.74, 6) is 0. The van der Waals surface area contributed by atoms with E-state index >= 15 is 0 Å². The van der Waals surface area contributed by atoms with E-state index in [1.54, 1.807) is 6.92 Å². The van der Waals surface area contributed by atoms with Crippen molar-refractivity contribution in [2.24, 2.45) is 0 Å². The lowest BCUT2D eigenvalue weighted by Crippen LogP contribution is -2.55. The van der Waals surface area contributed by atoms with E-state index in [9.17, 15) is 5.11 Å². The van der Waals surface area contributed by atoms with Crippen molar-refractivity contribution in [2.45, 2.75) is 39.0 Å². The van der Waals surface area contributed by atoms with Gasteiger partial charge in [0, 0.05) is 30.9 Å². The molecule has 0 aromatic heterocycles. The second-order valence-electron chi connectivity index (χ2n) is 5.54. The summed E-state index contributed by atoms with van der Waals surface area (Å²) in [5.41, 5.74) is 2.24. The summed E-state index contributed by atoms with van der Waals surface area (Å²) in [6.07, 6.45) is -0.385. The molecule has 0 bridgehead atoms. The van der Waals surface area contributed by atoms with Crippen molar-refractivity contribution in [3.8, 4) is 0 Å². The van der Waals surface area contributed by atoms with E-state index in [0.717, 1.165) is 18.7 Å². The van der Waals surface area contributed by atoms with Gasteiger partial charge in [0.15, 0.2) is 0 Å². The van der Waals surface area contributed by atoms with Gasteiger partial charge in [0.05, 0.1) is 6.10 Å². The van der Waals surface area contributed by atoms with Crippen LogP contribution in [0, 0.1) is 0 Å². The summed E-state index contributed by atoms with van der Waals surface area (Å²) in [4.78, 5) is 4.86. The number of piperazine rings is 1. The van der Waals surface area contributed by atoms with Crippen molar-refractivity contribution in [1.82, 2.24) is 4.90 Å². The van der Waals surface area contributed by atoms with Gasteiger partial charge in [0.25, 0.3) is 0 Å².